The summed E-state index contributed by atoms with van der Waals surface area (Å²) in [6, 6.07) is 25.1. The van der Waals surface area contributed by atoms with Gasteiger partial charge in [0.15, 0.2) is 9.84 Å². The van der Waals surface area contributed by atoms with Gasteiger partial charge in [0.2, 0.25) is 0 Å². The Morgan fingerprint density at radius 3 is 2.11 bits per heavy atom. The highest BCUT2D eigenvalue weighted by Gasteiger charge is 2.14. The number of sulfone groups is 1. The molecule has 0 spiro atoms. The zero-order valence-corrected chi connectivity index (χ0v) is 16.8. The van der Waals surface area contributed by atoms with E-state index in [4.69, 9.17) is 0 Å². The minimum Gasteiger partial charge on any atom is -0.337 e. The Morgan fingerprint density at radius 2 is 1.46 bits per heavy atom. The van der Waals surface area contributed by atoms with E-state index in [1.54, 1.807) is 36.2 Å². The lowest BCUT2D eigenvalue weighted by Gasteiger charge is -2.18. The summed E-state index contributed by atoms with van der Waals surface area (Å²) in [6.07, 6.45) is 1.19. The van der Waals surface area contributed by atoms with Crippen molar-refractivity contribution in [2.45, 2.75) is 12.3 Å². The van der Waals surface area contributed by atoms with Crippen molar-refractivity contribution in [1.82, 2.24) is 4.90 Å². The van der Waals surface area contributed by atoms with E-state index in [1.165, 1.54) is 6.26 Å². The SMILES string of the molecule is CN(Cc1ccc(-c2ccccc2)cc1)C(=O)c1cccc(CS(C)(=O)=O)c1. The molecule has 144 valence electrons. The Balaban J connectivity index is 1.70. The van der Waals surface area contributed by atoms with Gasteiger partial charge in [0.25, 0.3) is 5.91 Å². The first-order valence-electron chi connectivity index (χ1n) is 8.98. The summed E-state index contributed by atoms with van der Waals surface area (Å²) in [6.45, 7) is 0.476. The van der Waals surface area contributed by atoms with Gasteiger partial charge in [-0.05, 0) is 34.4 Å². The Hall–Kier alpha value is -2.92. The Kier molecular flexibility index (Phi) is 5.95. The molecule has 3 aromatic carbocycles. The van der Waals surface area contributed by atoms with Crippen molar-refractivity contribution < 1.29 is 13.2 Å². The van der Waals surface area contributed by atoms with E-state index in [0.717, 1.165) is 16.7 Å². The first-order chi connectivity index (χ1) is 13.3. The predicted octanol–water partition coefficient (Wildman–Crippen LogP) is 4.17. The third kappa shape index (κ3) is 5.30. The number of benzene rings is 3. The van der Waals surface area contributed by atoms with E-state index < -0.39 is 9.84 Å². The molecule has 1 amide bonds. The first kappa shape index (κ1) is 19.8. The lowest BCUT2D eigenvalue weighted by atomic mass is 10.0. The van der Waals surface area contributed by atoms with E-state index in [-0.39, 0.29) is 11.7 Å². The zero-order chi connectivity index (χ0) is 20.1. The maximum absolute atomic E-state index is 12.7. The third-order valence-electron chi connectivity index (χ3n) is 4.43. The number of rotatable bonds is 6. The second-order valence-corrected chi connectivity index (χ2v) is 9.13. The highest BCUT2D eigenvalue weighted by atomic mass is 32.2. The second-order valence-electron chi connectivity index (χ2n) is 6.99. The molecule has 0 aliphatic heterocycles. The fourth-order valence-electron chi connectivity index (χ4n) is 3.10. The summed E-state index contributed by atoms with van der Waals surface area (Å²) in [4.78, 5) is 14.4. The number of carbonyl (C=O) groups excluding carboxylic acids is 1. The maximum Gasteiger partial charge on any atom is 0.253 e. The smallest absolute Gasteiger partial charge is 0.253 e. The van der Waals surface area contributed by atoms with Gasteiger partial charge in [0.05, 0.1) is 5.75 Å². The molecule has 0 unspecified atom stereocenters. The summed E-state index contributed by atoms with van der Waals surface area (Å²) >= 11 is 0. The van der Waals surface area contributed by atoms with Crippen LogP contribution in [0.4, 0.5) is 0 Å². The Labute approximate surface area is 166 Å². The fourth-order valence-corrected chi connectivity index (χ4v) is 3.88. The highest BCUT2D eigenvalue weighted by molar-refractivity contribution is 7.89. The number of hydrogen-bond donors (Lipinski definition) is 0. The number of nitrogens with zero attached hydrogens (tertiary/aromatic N) is 1. The lowest BCUT2D eigenvalue weighted by Crippen LogP contribution is -2.26. The normalized spacial score (nSPS) is 11.2. The van der Waals surface area contributed by atoms with Crippen LogP contribution in [0.25, 0.3) is 11.1 Å². The minimum atomic E-state index is -3.14. The molecule has 0 aromatic heterocycles. The lowest BCUT2D eigenvalue weighted by molar-refractivity contribution is 0.0785. The van der Waals surface area contributed by atoms with E-state index in [0.29, 0.717) is 17.7 Å². The number of hydrogen-bond acceptors (Lipinski definition) is 3. The highest BCUT2D eigenvalue weighted by Crippen LogP contribution is 2.20. The molecule has 0 aliphatic rings. The van der Waals surface area contributed by atoms with Crippen LogP contribution in [0.2, 0.25) is 0 Å². The Morgan fingerprint density at radius 1 is 0.821 bits per heavy atom. The fraction of sp³-hybridized carbons (Fsp3) is 0.174. The van der Waals surface area contributed by atoms with Gasteiger partial charge in [-0.15, -0.1) is 0 Å². The third-order valence-corrected chi connectivity index (χ3v) is 5.29. The summed E-state index contributed by atoms with van der Waals surface area (Å²) < 4.78 is 23.0. The summed E-state index contributed by atoms with van der Waals surface area (Å²) in [7, 11) is -1.39. The van der Waals surface area contributed by atoms with Crippen molar-refractivity contribution in [3.05, 3.63) is 95.6 Å². The summed E-state index contributed by atoms with van der Waals surface area (Å²) in [5.41, 5.74) is 4.43. The molecule has 0 saturated carbocycles. The average molecular weight is 394 g/mol. The largest absolute Gasteiger partial charge is 0.337 e. The monoisotopic (exact) mass is 393 g/mol. The zero-order valence-electron chi connectivity index (χ0n) is 16.0. The summed E-state index contributed by atoms with van der Waals surface area (Å²) in [5, 5.41) is 0. The van der Waals surface area contributed by atoms with Gasteiger partial charge in [-0.2, -0.15) is 0 Å². The molecule has 4 nitrogen and oxygen atoms in total. The van der Waals surface area contributed by atoms with Gasteiger partial charge in [-0.1, -0.05) is 66.7 Å². The predicted molar refractivity (Wildman–Crippen MR) is 113 cm³/mol. The Bertz CT molecular complexity index is 1060. The van der Waals surface area contributed by atoms with Crippen LogP contribution < -0.4 is 0 Å². The molecular weight excluding hydrogens is 370 g/mol. The van der Waals surface area contributed by atoms with E-state index in [1.807, 2.05) is 30.3 Å². The molecule has 0 heterocycles. The van der Waals surface area contributed by atoms with E-state index in [2.05, 4.69) is 24.3 Å². The van der Waals surface area contributed by atoms with Crippen molar-refractivity contribution in [2.24, 2.45) is 0 Å². The van der Waals surface area contributed by atoms with Crippen molar-refractivity contribution in [1.29, 1.82) is 0 Å². The standard InChI is InChI=1S/C23H23NO3S/c1-24(23(25)22-10-6-7-19(15-22)17-28(2,26)27)16-18-11-13-21(14-12-18)20-8-4-3-5-9-20/h3-15H,16-17H2,1-2H3. The topological polar surface area (TPSA) is 54.5 Å². The van der Waals surface area contributed by atoms with E-state index in [9.17, 15) is 13.2 Å². The van der Waals surface area contributed by atoms with Gasteiger partial charge in [-0.25, -0.2) is 8.42 Å². The van der Waals surface area contributed by atoms with Crippen LogP contribution in [-0.2, 0) is 22.1 Å². The molecule has 3 rings (SSSR count). The second kappa shape index (κ2) is 8.40. The molecule has 28 heavy (non-hydrogen) atoms. The molecule has 3 aromatic rings. The molecular formula is C23H23NO3S. The van der Waals surface area contributed by atoms with E-state index >= 15 is 0 Å². The number of amides is 1. The first-order valence-corrected chi connectivity index (χ1v) is 11.0. The van der Waals surface area contributed by atoms with Crippen LogP contribution in [0, 0.1) is 0 Å². The molecule has 5 heteroatoms. The van der Waals surface area contributed by atoms with Crippen LogP contribution in [-0.4, -0.2) is 32.5 Å². The average Bonchev–Trinajstić information content (AvgIpc) is 2.67. The minimum absolute atomic E-state index is 0.0707. The van der Waals surface area contributed by atoms with Crippen molar-refractivity contribution >= 4 is 15.7 Å². The molecule has 0 saturated heterocycles. The van der Waals surface area contributed by atoms with Gasteiger partial charge >= 0.3 is 0 Å². The van der Waals surface area contributed by atoms with Crippen molar-refractivity contribution in [3.63, 3.8) is 0 Å². The quantitative estimate of drug-likeness (QED) is 0.632. The van der Waals surface area contributed by atoms with Gasteiger partial charge in [0, 0.05) is 25.4 Å². The molecule has 0 atom stereocenters. The molecule has 0 bridgehead atoms. The van der Waals surface area contributed by atoms with Gasteiger partial charge in [0.1, 0.15) is 0 Å². The molecule has 0 radical (unpaired) electrons. The van der Waals surface area contributed by atoms with Crippen molar-refractivity contribution in [2.75, 3.05) is 13.3 Å². The van der Waals surface area contributed by atoms with Crippen LogP contribution in [0.3, 0.4) is 0 Å². The van der Waals surface area contributed by atoms with Gasteiger partial charge in [-0.3, -0.25) is 4.79 Å². The molecule has 0 fully saturated rings. The molecule has 0 aliphatic carbocycles. The van der Waals surface area contributed by atoms with Crippen LogP contribution >= 0.6 is 0 Å². The van der Waals surface area contributed by atoms with Crippen LogP contribution in [0.1, 0.15) is 21.5 Å². The van der Waals surface area contributed by atoms with Gasteiger partial charge < -0.3 is 4.90 Å². The van der Waals surface area contributed by atoms with Crippen LogP contribution in [0.15, 0.2) is 78.9 Å². The van der Waals surface area contributed by atoms with Crippen molar-refractivity contribution in [3.8, 4) is 11.1 Å². The maximum atomic E-state index is 12.7. The number of carbonyl (C=O) groups is 1. The summed E-state index contributed by atoms with van der Waals surface area (Å²) in [5.74, 6) is -0.207. The van der Waals surface area contributed by atoms with Crippen LogP contribution in [0.5, 0.6) is 0 Å². The molecule has 0 N–H and O–H groups in total.